The molecule has 2 N–H and O–H groups in total. The molecule has 4 aromatic rings. The van der Waals surface area contributed by atoms with Crippen LogP contribution in [0, 0.1) is 0 Å². The summed E-state index contributed by atoms with van der Waals surface area (Å²) in [5.74, 6) is -0.268. The Morgan fingerprint density at radius 3 is 2.47 bits per heavy atom. The summed E-state index contributed by atoms with van der Waals surface area (Å²) in [6.45, 7) is 1.83. The van der Waals surface area contributed by atoms with Crippen LogP contribution in [-0.4, -0.2) is 37.0 Å². The topological polar surface area (TPSA) is 114 Å². The Bertz CT molecular complexity index is 1550. The molecule has 0 saturated carbocycles. The van der Waals surface area contributed by atoms with Crippen LogP contribution in [0.5, 0.6) is 0 Å². The molecule has 3 aromatic carbocycles. The first-order valence-electron chi connectivity index (χ1n) is 12.7. The van der Waals surface area contributed by atoms with E-state index in [0.29, 0.717) is 53.8 Å². The third-order valence-corrected chi connectivity index (χ3v) is 6.90. The summed E-state index contributed by atoms with van der Waals surface area (Å²) >= 11 is 0. The Morgan fingerprint density at radius 1 is 1.05 bits per heavy atom. The largest absolute Gasteiger partial charge is 0.481 e. The molecule has 0 spiro atoms. The smallest absolute Gasteiger partial charge is 0.303 e. The number of fused-ring (bicyclic) bond motifs is 1. The normalized spacial score (nSPS) is 17.7. The van der Waals surface area contributed by atoms with Gasteiger partial charge < -0.3 is 15.1 Å². The molecule has 0 aliphatic carbocycles. The summed E-state index contributed by atoms with van der Waals surface area (Å²) < 4.78 is 1.60. The highest BCUT2D eigenvalue weighted by atomic mass is 16.7. The van der Waals surface area contributed by atoms with Gasteiger partial charge in [0.05, 0.1) is 22.3 Å². The van der Waals surface area contributed by atoms with Gasteiger partial charge >= 0.3 is 5.97 Å². The highest BCUT2D eigenvalue weighted by Gasteiger charge is 2.42. The molecule has 0 bridgehead atoms. The second-order valence-corrected chi connectivity index (χ2v) is 9.77. The predicted molar refractivity (Wildman–Crippen MR) is 145 cm³/mol. The number of carboxylic acids is 1. The number of carboxylic acid groups (broad SMARTS) is 1. The molecule has 2 heterocycles. The predicted octanol–water partition coefficient (Wildman–Crippen LogP) is 4.80. The van der Waals surface area contributed by atoms with Gasteiger partial charge in [-0.15, -0.1) is 0 Å². The molecule has 8 nitrogen and oxygen atoms in total. The number of nitrogens with zero attached hydrogens (tertiary/aromatic N) is 3. The van der Waals surface area contributed by atoms with Crippen LogP contribution in [0.4, 0.5) is 0 Å². The number of aliphatic carboxylic acids is 1. The first kappa shape index (κ1) is 25.4. The minimum atomic E-state index is -0.926. The average molecular weight is 512 g/mol. The van der Waals surface area contributed by atoms with Gasteiger partial charge in [-0.1, -0.05) is 59.8 Å². The molecule has 0 amide bonds. The van der Waals surface area contributed by atoms with E-state index in [2.05, 4.69) is 5.16 Å². The lowest BCUT2D eigenvalue weighted by Gasteiger charge is -2.27. The van der Waals surface area contributed by atoms with Crippen molar-refractivity contribution >= 4 is 22.6 Å². The molecule has 0 fully saturated rings. The van der Waals surface area contributed by atoms with E-state index in [4.69, 9.17) is 14.9 Å². The van der Waals surface area contributed by atoms with Crippen LogP contribution in [0.2, 0.25) is 0 Å². The molecule has 1 aliphatic rings. The van der Waals surface area contributed by atoms with Gasteiger partial charge in [0.15, 0.2) is 5.60 Å². The lowest BCUT2D eigenvalue weighted by Crippen LogP contribution is -2.33. The van der Waals surface area contributed by atoms with Gasteiger partial charge in [0.2, 0.25) is 0 Å². The Kier molecular flexibility index (Phi) is 7.07. The van der Waals surface area contributed by atoms with Crippen molar-refractivity contribution in [2.75, 3.05) is 0 Å². The number of aromatic nitrogens is 2. The summed E-state index contributed by atoms with van der Waals surface area (Å²) in [5, 5.41) is 24.7. The van der Waals surface area contributed by atoms with Gasteiger partial charge in [-0.2, -0.15) is 0 Å². The second kappa shape index (κ2) is 10.6. The summed E-state index contributed by atoms with van der Waals surface area (Å²) in [4.78, 5) is 35.2. The standard InChI is InChI=1S/C30H29N3O5/c1-30(28(36)20-10-4-2-5-11-20)19-25(32-38-30)21-16-17-23-24(18-21)31-26(14-8-9-15-27(34)35)33(29(23)37)22-12-6-3-7-13-22/h2-7,10-13,16-18,28,36H,8-9,14-15,19H2,1H3,(H,34,35)/t28-,30-/m0/s1. The molecule has 38 heavy (non-hydrogen) atoms. The summed E-state index contributed by atoms with van der Waals surface area (Å²) in [6, 6.07) is 24.1. The number of hydrogen-bond acceptors (Lipinski definition) is 6. The van der Waals surface area contributed by atoms with Gasteiger partial charge in [0, 0.05) is 24.8 Å². The molecule has 1 aromatic heterocycles. The van der Waals surface area contributed by atoms with E-state index in [9.17, 15) is 14.7 Å². The van der Waals surface area contributed by atoms with Gasteiger partial charge in [0.1, 0.15) is 11.9 Å². The van der Waals surface area contributed by atoms with Crippen LogP contribution < -0.4 is 5.56 Å². The van der Waals surface area contributed by atoms with Crippen LogP contribution in [0.15, 0.2) is 88.8 Å². The van der Waals surface area contributed by atoms with Crippen LogP contribution in [-0.2, 0) is 16.1 Å². The summed E-state index contributed by atoms with van der Waals surface area (Å²) in [6.07, 6.45) is 1.14. The van der Waals surface area contributed by atoms with Crippen molar-refractivity contribution < 1.29 is 19.8 Å². The fraction of sp³-hybridized carbons (Fsp3) is 0.267. The monoisotopic (exact) mass is 511 g/mol. The quantitative estimate of drug-likeness (QED) is 0.312. The Morgan fingerprint density at radius 2 is 1.76 bits per heavy atom. The minimum absolute atomic E-state index is 0.0702. The van der Waals surface area contributed by atoms with Crippen molar-refractivity contribution in [3.63, 3.8) is 0 Å². The highest BCUT2D eigenvalue weighted by Crippen LogP contribution is 2.37. The molecule has 0 unspecified atom stereocenters. The van der Waals surface area contributed by atoms with E-state index in [1.54, 1.807) is 10.6 Å². The zero-order valence-electron chi connectivity index (χ0n) is 21.1. The van der Waals surface area contributed by atoms with Crippen molar-refractivity contribution in [3.8, 4) is 5.69 Å². The molecule has 194 valence electrons. The third-order valence-electron chi connectivity index (χ3n) is 6.90. The molecular formula is C30H29N3O5. The molecule has 0 saturated heterocycles. The lowest BCUT2D eigenvalue weighted by atomic mass is 9.87. The lowest BCUT2D eigenvalue weighted by molar-refractivity contribution is -0.137. The molecule has 8 heteroatoms. The number of rotatable bonds is 9. The van der Waals surface area contributed by atoms with Crippen molar-refractivity contribution in [1.82, 2.24) is 9.55 Å². The first-order valence-corrected chi connectivity index (χ1v) is 12.7. The number of hydrogen-bond donors (Lipinski definition) is 2. The maximum atomic E-state index is 13.6. The number of carbonyl (C=O) groups is 1. The van der Waals surface area contributed by atoms with E-state index in [1.165, 1.54) is 0 Å². The Hall–Kier alpha value is -4.30. The van der Waals surface area contributed by atoms with Crippen molar-refractivity contribution in [1.29, 1.82) is 0 Å². The number of benzene rings is 3. The van der Waals surface area contributed by atoms with Gasteiger partial charge in [-0.05, 0) is 49.6 Å². The van der Waals surface area contributed by atoms with E-state index in [1.807, 2.05) is 79.7 Å². The van der Waals surface area contributed by atoms with Crippen LogP contribution in [0.25, 0.3) is 16.6 Å². The van der Waals surface area contributed by atoms with E-state index >= 15 is 0 Å². The fourth-order valence-corrected chi connectivity index (χ4v) is 4.83. The maximum absolute atomic E-state index is 13.6. The Balaban J connectivity index is 1.48. The Labute approximate surface area is 219 Å². The number of oxime groups is 1. The van der Waals surface area contributed by atoms with Crippen LogP contribution >= 0.6 is 0 Å². The minimum Gasteiger partial charge on any atom is -0.481 e. The number of unbranched alkanes of at least 4 members (excludes halogenated alkanes) is 1. The van der Waals surface area contributed by atoms with Crippen LogP contribution in [0.3, 0.4) is 0 Å². The molecular weight excluding hydrogens is 482 g/mol. The zero-order chi connectivity index (χ0) is 26.7. The molecule has 5 rings (SSSR count). The van der Waals surface area contributed by atoms with E-state index in [-0.39, 0.29) is 12.0 Å². The molecule has 2 atom stereocenters. The van der Waals surface area contributed by atoms with E-state index in [0.717, 1.165) is 11.1 Å². The maximum Gasteiger partial charge on any atom is 0.303 e. The first-order chi connectivity index (χ1) is 18.4. The van der Waals surface area contributed by atoms with Gasteiger partial charge in [-0.25, -0.2) is 4.98 Å². The highest BCUT2D eigenvalue weighted by molar-refractivity contribution is 6.04. The molecule has 1 aliphatic heterocycles. The summed E-state index contributed by atoms with van der Waals surface area (Å²) in [7, 11) is 0. The van der Waals surface area contributed by atoms with Gasteiger partial charge in [0.25, 0.3) is 5.56 Å². The molecule has 0 radical (unpaired) electrons. The van der Waals surface area contributed by atoms with Crippen molar-refractivity contribution in [3.05, 3.63) is 106 Å². The van der Waals surface area contributed by atoms with Crippen molar-refractivity contribution in [2.45, 2.75) is 50.7 Å². The number of para-hydroxylation sites is 1. The van der Waals surface area contributed by atoms with Crippen molar-refractivity contribution in [2.24, 2.45) is 5.16 Å². The zero-order valence-corrected chi connectivity index (χ0v) is 21.1. The number of aryl methyl sites for hydroxylation is 1. The fourth-order valence-electron chi connectivity index (χ4n) is 4.83. The second-order valence-electron chi connectivity index (χ2n) is 9.77. The van der Waals surface area contributed by atoms with E-state index < -0.39 is 17.7 Å². The van der Waals surface area contributed by atoms with Crippen LogP contribution in [0.1, 0.15) is 55.7 Å². The van der Waals surface area contributed by atoms with Gasteiger partial charge in [-0.3, -0.25) is 14.2 Å². The number of aliphatic hydroxyl groups is 1. The SMILES string of the molecule is C[C@@]1([C@@H](O)c2ccccc2)CC(c2ccc3c(=O)n(-c4ccccc4)c(CCCCC(=O)O)nc3c2)=NO1. The number of aliphatic hydroxyl groups excluding tert-OH is 1. The average Bonchev–Trinajstić information content (AvgIpc) is 3.34. The third kappa shape index (κ3) is 5.08. The summed E-state index contributed by atoms with van der Waals surface area (Å²) in [5.41, 5.74) is 2.32.